The Morgan fingerprint density at radius 3 is 2.39 bits per heavy atom. The Balaban J connectivity index is 1.77. The summed E-state index contributed by atoms with van der Waals surface area (Å²) in [5.74, 6) is -0.844. The van der Waals surface area contributed by atoms with Crippen LogP contribution in [0.3, 0.4) is 0 Å². The number of aliphatic hydroxyl groups is 1. The molecule has 1 aromatic carbocycles. The number of carbonyl (C=O) groups excluding carboxylic acids is 3. The van der Waals surface area contributed by atoms with Crippen LogP contribution in [0, 0.1) is 29.2 Å². The SMILES string of the molecule is CCCC[C@H](O[C@@H](Cc1ccccc1)C(=O)N1CCC(OCOC)CC1)C(=O)N[C@@H](CC1CCCCC1)[C@@H](O)C[C@H](C(=O)NCCCN=C(N)NC#N)C(C)C. The van der Waals surface area contributed by atoms with Gasteiger partial charge in [-0.05, 0) is 55.9 Å². The normalized spacial score (nSPS) is 18.4. The molecule has 1 heterocycles. The number of rotatable bonds is 24. The van der Waals surface area contributed by atoms with Gasteiger partial charge in [0.15, 0.2) is 6.19 Å². The first kappa shape index (κ1) is 46.6. The topological polar surface area (TPSA) is 201 Å². The van der Waals surface area contributed by atoms with Gasteiger partial charge in [-0.25, -0.2) is 0 Å². The zero-order valence-electron chi connectivity index (χ0n) is 34.3. The summed E-state index contributed by atoms with van der Waals surface area (Å²) in [6, 6.07) is 9.13. The second-order valence-corrected chi connectivity index (χ2v) is 15.7. The van der Waals surface area contributed by atoms with E-state index in [9.17, 15) is 19.5 Å². The molecule has 0 spiro atoms. The highest BCUT2D eigenvalue weighted by atomic mass is 16.7. The van der Waals surface area contributed by atoms with Gasteiger partial charge in [0.2, 0.25) is 17.8 Å². The Hall–Kier alpha value is -3.77. The molecule has 1 aromatic rings. The number of nitrogens with one attached hydrogen (secondary N) is 3. The van der Waals surface area contributed by atoms with Crippen molar-refractivity contribution in [3.63, 3.8) is 0 Å². The van der Waals surface area contributed by atoms with E-state index in [0.29, 0.717) is 70.6 Å². The molecule has 1 aliphatic carbocycles. The Morgan fingerprint density at radius 1 is 1.04 bits per heavy atom. The first-order chi connectivity index (χ1) is 27.1. The zero-order chi connectivity index (χ0) is 40.7. The molecule has 0 radical (unpaired) electrons. The van der Waals surface area contributed by atoms with Gasteiger partial charge < -0.3 is 40.6 Å². The van der Waals surface area contributed by atoms with Gasteiger partial charge in [-0.3, -0.25) is 24.7 Å². The van der Waals surface area contributed by atoms with Crippen LogP contribution in [0.4, 0.5) is 0 Å². The summed E-state index contributed by atoms with van der Waals surface area (Å²) in [6.45, 7) is 7.93. The molecule has 0 unspecified atom stereocenters. The summed E-state index contributed by atoms with van der Waals surface area (Å²) in [7, 11) is 1.59. The Morgan fingerprint density at radius 2 is 1.75 bits per heavy atom. The van der Waals surface area contributed by atoms with Crippen LogP contribution in [0.15, 0.2) is 35.3 Å². The van der Waals surface area contributed by atoms with E-state index in [1.807, 2.05) is 49.1 Å². The third kappa shape index (κ3) is 16.8. The summed E-state index contributed by atoms with van der Waals surface area (Å²) >= 11 is 0. The highest BCUT2D eigenvalue weighted by Gasteiger charge is 2.36. The molecule has 6 N–H and O–H groups in total. The molecule has 0 aromatic heterocycles. The molecular formula is C42H69N7O7. The maximum atomic E-state index is 14.4. The van der Waals surface area contributed by atoms with E-state index in [1.165, 1.54) is 6.42 Å². The monoisotopic (exact) mass is 784 g/mol. The highest BCUT2D eigenvalue weighted by Crippen LogP contribution is 2.30. The fourth-order valence-electron chi connectivity index (χ4n) is 7.68. The van der Waals surface area contributed by atoms with Crippen LogP contribution in [0.5, 0.6) is 0 Å². The number of ether oxygens (including phenoxy) is 3. The van der Waals surface area contributed by atoms with Gasteiger partial charge in [-0.1, -0.05) is 96.0 Å². The summed E-state index contributed by atoms with van der Waals surface area (Å²) in [5.41, 5.74) is 6.54. The molecule has 14 heteroatoms. The third-order valence-electron chi connectivity index (χ3n) is 11.0. The number of nitrogens with two attached hydrogens (primary N) is 1. The highest BCUT2D eigenvalue weighted by molar-refractivity contribution is 5.84. The van der Waals surface area contributed by atoms with Gasteiger partial charge in [0.25, 0.3) is 5.91 Å². The van der Waals surface area contributed by atoms with Crippen molar-refractivity contribution < 1.29 is 33.7 Å². The van der Waals surface area contributed by atoms with Crippen LogP contribution in [0.25, 0.3) is 0 Å². The Kier molecular flexibility index (Phi) is 21.8. The predicted octanol–water partition coefficient (Wildman–Crippen LogP) is 4.15. The minimum atomic E-state index is -0.976. The maximum Gasteiger partial charge on any atom is 0.252 e. The number of benzene rings is 1. The fraction of sp³-hybridized carbons (Fsp3) is 0.738. The number of amides is 3. The van der Waals surface area contributed by atoms with Crippen molar-refractivity contribution in [2.45, 2.75) is 141 Å². The summed E-state index contributed by atoms with van der Waals surface area (Å²) in [4.78, 5) is 47.8. The van der Waals surface area contributed by atoms with E-state index in [-0.39, 0.29) is 48.9 Å². The molecule has 5 atom stereocenters. The van der Waals surface area contributed by atoms with Crippen molar-refractivity contribution in [3.05, 3.63) is 35.9 Å². The van der Waals surface area contributed by atoms with Gasteiger partial charge in [0.05, 0.1) is 18.2 Å². The number of hydrogen-bond acceptors (Lipinski definition) is 9. The first-order valence-electron chi connectivity index (χ1n) is 20.9. The molecule has 1 saturated heterocycles. The molecule has 314 valence electrons. The number of nitrogens with zero attached hydrogens (tertiary/aromatic N) is 3. The quantitative estimate of drug-likeness (QED) is 0.0253. The van der Waals surface area contributed by atoms with Crippen LogP contribution < -0.4 is 21.7 Å². The number of likely N-dealkylation sites (tertiary alicyclic amines) is 1. The zero-order valence-corrected chi connectivity index (χ0v) is 34.3. The van der Waals surface area contributed by atoms with Crippen molar-refractivity contribution in [1.29, 1.82) is 5.26 Å². The van der Waals surface area contributed by atoms with Crippen molar-refractivity contribution in [3.8, 4) is 6.19 Å². The van der Waals surface area contributed by atoms with E-state index in [0.717, 1.165) is 44.1 Å². The molecule has 0 bridgehead atoms. The number of carbonyl (C=O) groups is 3. The van der Waals surface area contributed by atoms with Crippen LogP contribution in [0.1, 0.15) is 110 Å². The molecule has 1 saturated carbocycles. The van der Waals surface area contributed by atoms with E-state index in [1.54, 1.807) is 13.3 Å². The van der Waals surface area contributed by atoms with Crippen molar-refractivity contribution >= 4 is 23.7 Å². The van der Waals surface area contributed by atoms with Crippen LogP contribution in [-0.2, 0) is 35.0 Å². The maximum absolute atomic E-state index is 14.4. The Labute approximate surface area is 334 Å². The van der Waals surface area contributed by atoms with E-state index < -0.39 is 30.3 Å². The second kappa shape index (κ2) is 26.2. The molecule has 3 rings (SSSR count). The second-order valence-electron chi connectivity index (χ2n) is 15.7. The number of nitriles is 1. The molecule has 56 heavy (non-hydrogen) atoms. The molecule has 3 amide bonds. The van der Waals surface area contributed by atoms with Gasteiger partial charge >= 0.3 is 0 Å². The largest absolute Gasteiger partial charge is 0.391 e. The van der Waals surface area contributed by atoms with Gasteiger partial charge in [-0.15, -0.1) is 0 Å². The predicted molar refractivity (Wildman–Crippen MR) is 216 cm³/mol. The lowest BCUT2D eigenvalue weighted by Crippen LogP contribution is -2.52. The standard InChI is InChI=1S/C42H69N7O7/c1-5-6-18-37(56-38(26-32-16-11-8-12-17-32)41(53)49-23-19-33(20-24-49)55-29-54-4)40(52)48-35(25-31-14-9-7-10-15-31)36(50)27-34(30(2)3)39(51)45-21-13-22-46-42(44)47-28-43/h8,11-12,16-17,30-31,33-38,50H,5-7,9-10,13-15,18-27,29H2,1-4H3,(H,45,51)(H,48,52)(H3,44,46,47)/t34-,35-,36-,37-,38-/m0/s1. The number of guanidine groups is 1. The fourth-order valence-corrected chi connectivity index (χ4v) is 7.68. The minimum Gasteiger partial charge on any atom is -0.391 e. The molecule has 2 aliphatic rings. The Bertz CT molecular complexity index is 1360. The number of aliphatic hydroxyl groups excluding tert-OH is 1. The summed E-state index contributed by atoms with van der Waals surface area (Å²) in [5, 5.41) is 29.0. The number of piperidine rings is 1. The van der Waals surface area contributed by atoms with Crippen LogP contribution in [0.2, 0.25) is 0 Å². The molecule has 14 nitrogen and oxygen atoms in total. The number of hydrogen-bond donors (Lipinski definition) is 5. The van der Waals surface area contributed by atoms with Gasteiger partial charge in [0.1, 0.15) is 19.0 Å². The van der Waals surface area contributed by atoms with Crippen molar-refractivity contribution in [2.75, 3.05) is 40.1 Å². The van der Waals surface area contributed by atoms with Crippen molar-refractivity contribution in [2.24, 2.45) is 28.5 Å². The lowest BCUT2D eigenvalue weighted by atomic mass is 9.81. The minimum absolute atomic E-state index is 0.0163. The van der Waals surface area contributed by atoms with Crippen molar-refractivity contribution in [1.82, 2.24) is 20.9 Å². The lowest BCUT2D eigenvalue weighted by molar-refractivity contribution is -0.157. The molecule has 1 aliphatic heterocycles. The molecular weight excluding hydrogens is 715 g/mol. The number of unbranched alkanes of at least 4 members (excludes halogenated alkanes) is 1. The van der Waals surface area contributed by atoms with Crippen LogP contribution >= 0.6 is 0 Å². The summed E-state index contributed by atoms with van der Waals surface area (Å²) in [6.07, 6.45) is 9.46. The number of aliphatic imine (C=N–C) groups is 1. The van der Waals surface area contributed by atoms with Gasteiger partial charge in [0, 0.05) is 45.6 Å². The van der Waals surface area contributed by atoms with E-state index >= 15 is 0 Å². The number of methoxy groups -OCH3 is 1. The average Bonchev–Trinajstić information content (AvgIpc) is 3.20. The van der Waals surface area contributed by atoms with Gasteiger partial charge in [-0.2, -0.15) is 5.26 Å². The smallest absolute Gasteiger partial charge is 0.252 e. The molecule has 2 fully saturated rings. The third-order valence-corrected chi connectivity index (χ3v) is 11.0. The van der Waals surface area contributed by atoms with E-state index in [2.05, 4.69) is 27.9 Å². The first-order valence-corrected chi connectivity index (χ1v) is 20.9. The van der Waals surface area contributed by atoms with E-state index in [4.69, 9.17) is 25.2 Å². The van der Waals surface area contributed by atoms with Crippen LogP contribution in [-0.4, -0.2) is 104 Å². The summed E-state index contributed by atoms with van der Waals surface area (Å²) < 4.78 is 17.4. The lowest BCUT2D eigenvalue weighted by Gasteiger charge is -2.36. The average molecular weight is 784 g/mol.